The molecule has 2 rings (SSSR count). The maximum atomic E-state index is 11.9. The number of amides is 1. The van der Waals surface area contributed by atoms with Crippen molar-refractivity contribution in [3.05, 3.63) is 49.6 Å². The van der Waals surface area contributed by atoms with Crippen molar-refractivity contribution in [2.75, 3.05) is 5.32 Å². The van der Waals surface area contributed by atoms with Crippen molar-refractivity contribution in [2.24, 2.45) is 0 Å². The molecule has 0 fully saturated rings. The third kappa shape index (κ3) is 3.34. The lowest BCUT2D eigenvalue weighted by atomic mass is 10.2. The Bertz CT molecular complexity index is 656. The van der Waals surface area contributed by atoms with Gasteiger partial charge in [0.1, 0.15) is 0 Å². The van der Waals surface area contributed by atoms with Crippen molar-refractivity contribution in [3.63, 3.8) is 0 Å². The second-order valence-electron chi connectivity index (χ2n) is 3.56. The highest BCUT2D eigenvalue weighted by atomic mass is 79.9. The van der Waals surface area contributed by atoms with Crippen LogP contribution in [0, 0.1) is 0 Å². The number of nitrogens with one attached hydrogen (secondary N) is 1. The fraction of sp³-hybridized carbons (Fsp3) is 0. The summed E-state index contributed by atoms with van der Waals surface area (Å²) in [6.07, 6.45) is 0. The number of carbonyl (C=O) groups excluding carboxylic acids is 1. The molecule has 0 aliphatic rings. The van der Waals surface area contributed by atoms with Gasteiger partial charge in [0.2, 0.25) is 0 Å². The lowest BCUT2D eigenvalue weighted by Crippen LogP contribution is -2.10. The molecular weight excluding hydrogens is 354 g/mol. The third-order valence-electron chi connectivity index (χ3n) is 2.26. The largest absolute Gasteiger partial charge is 0.478 e. The van der Waals surface area contributed by atoms with Crippen LogP contribution in [-0.4, -0.2) is 17.0 Å². The topological polar surface area (TPSA) is 66.4 Å². The maximum absolute atomic E-state index is 11.9. The fourth-order valence-corrected chi connectivity index (χ4v) is 2.88. The van der Waals surface area contributed by atoms with Gasteiger partial charge in [0, 0.05) is 0 Å². The summed E-state index contributed by atoms with van der Waals surface area (Å²) in [4.78, 5) is 23.2. The standard InChI is InChI=1S/C12H7BrClNO3S/c13-10-4-3-9(19-10)11(16)15-8-2-1-6(12(17)18)5-7(8)14/h1-5H,(H,15,16)(H,17,18). The molecule has 4 nitrogen and oxygen atoms in total. The highest BCUT2D eigenvalue weighted by molar-refractivity contribution is 9.11. The van der Waals surface area contributed by atoms with Crippen LogP contribution >= 0.6 is 38.9 Å². The zero-order chi connectivity index (χ0) is 14.0. The number of anilines is 1. The number of aromatic carboxylic acids is 1. The molecule has 2 N–H and O–H groups in total. The van der Waals surface area contributed by atoms with Gasteiger partial charge in [0.05, 0.1) is 24.9 Å². The highest BCUT2D eigenvalue weighted by Gasteiger charge is 2.12. The van der Waals surface area contributed by atoms with E-state index in [1.807, 2.05) is 0 Å². The Hall–Kier alpha value is -1.37. The fourth-order valence-electron chi connectivity index (χ4n) is 1.37. The number of carboxylic acids is 1. The van der Waals surface area contributed by atoms with Crippen LogP contribution in [-0.2, 0) is 0 Å². The Morgan fingerprint density at radius 1 is 1.26 bits per heavy atom. The average Bonchev–Trinajstić information content (AvgIpc) is 2.78. The summed E-state index contributed by atoms with van der Waals surface area (Å²) in [5, 5.41) is 11.6. The van der Waals surface area contributed by atoms with Gasteiger partial charge >= 0.3 is 5.97 Å². The first-order valence-corrected chi connectivity index (χ1v) is 7.05. The molecule has 0 aliphatic carbocycles. The van der Waals surface area contributed by atoms with Crippen LogP contribution in [0.3, 0.4) is 0 Å². The van der Waals surface area contributed by atoms with Crippen molar-refractivity contribution < 1.29 is 14.7 Å². The lowest BCUT2D eigenvalue weighted by Gasteiger charge is -2.06. The molecule has 19 heavy (non-hydrogen) atoms. The molecule has 0 saturated heterocycles. The molecule has 0 atom stereocenters. The normalized spacial score (nSPS) is 10.2. The molecule has 1 aromatic carbocycles. The van der Waals surface area contributed by atoms with Gasteiger partial charge in [-0.3, -0.25) is 4.79 Å². The van der Waals surface area contributed by atoms with Gasteiger partial charge in [-0.25, -0.2) is 4.79 Å². The van der Waals surface area contributed by atoms with E-state index in [0.29, 0.717) is 10.6 Å². The second-order valence-corrected chi connectivity index (χ2v) is 6.43. The Morgan fingerprint density at radius 2 is 2.00 bits per heavy atom. The lowest BCUT2D eigenvalue weighted by molar-refractivity contribution is 0.0696. The molecule has 0 aliphatic heterocycles. The minimum atomic E-state index is -1.07. The van der Waals surface area contributed by atoms with E-state index in [0.717, 1.165) is 3.79 Å². The van der Waals surface area contributed by atoms with Gasteiger partial charge in [0.15, 0.2) is 0 Å². The number of rotatable bonds is 3. The molecule has 0 bridgehead atoms. The molecule has 98 valence electrons. The van der Waals surface area contributed by atoms with E-state index >= 15 is 0 Å². The van der Waals surface area contributed by atoms with Gasteiger partial charge in [-0.15, -0.1) is 11.3 Å². The van der Waals surface area contributed by atoms with Crippen LogP contribution in [0.1, 0.15) is 20.0 Å². The molecule has 1 amide bonds. The molecule has 0 radical (unpaired) electrons. The second kappa shape index (κ2) is 5.73. The first-order chi connectivity index (χ1) is 8.97. The van der Waals surface area contributed by atoms with E-state index < -0.39 is 5.97 Å². The number of hydrogen-bond donors (Lipinski definition) is 2. The smallest absolute Gasteiger partial charge is 0.335 e. The molecule has 0 unspecified atom stereocenters. The molecule has 2 aromatic rings. The molecular formula is C12H7BrClNO3S. The van der Waals surface area contributed by atoms with E-state index in [1.54, 1.807) is 12.1 Å². The molecule has 1 aromatic heterocycles. The number of carbonyl (C=O) groups is 2. The van der Waals surface area contributed by atoms with E-state index in [9.17, 15) is 9.59 Å². The van der Waals surface area contributed by atoms with Crippen molar-refractivity contribution in [2.45, 2.75) is 0 Å². The minimum absolute atomic E-state index is 0.0712. The average molecular weight is 361 g/mol. The summed E-state index contributed by atoms with van der Waals surface area (Å²) in [5.41, 5.74) is 0.447. The van der Waals surface area contributed by atoms with Crippen LogP contribution in [0.4, 0.5) is 5.69 Å². The molecule has 1 heterocycles. The van der Waals surface area contributed by atoms with Crippen LogP contribution in [0.15, 0.2) is 34.1 Å². The Morgan fingerprint density at radius 3 is 2.53 bits per heavy atom. The van der Waals surface area contributed by atoms with Crippen LogP contribution < -0.4 is 5.32 Å². The van der Waals surface area contributed by atoms with Crippen molar-refractivity contribution in [1.29, 1.82) is 0 Å². The number of hydrogen-bond acceptors (Lipinski definition) is 3. The summed E-state index contributed by atoms with van der Waals surface area (Å²) >= 11 is 10.5. The monoisotopic (exact) mass is 359 g/mol. The first-order valence-electron chi connectivity index (χ1n) is 5.07. The van der Waals surface area contributed by atoms with Crippen molar-refractivity contribution in [3.8, 4) is 0 Å². The SMILES string of the molecule is O=C(O)c1ccc(NC(=O)c2ccc(Br)s2)c(Cl)c1. The number of carboxylic acid groups (broad SMARTS) is 1. The highest BCUT2D eigenvalue weighted by Crippen LogP contribution is 2.26. The summed E-state index contributed by atoms with van der Waals surface area (Å²) < 4.78 is 0.852. The number of halogens is 2. The van der Waals surface area contributed by atoms with Crippen LogP contribution in [0.5, 0.6) is 0 Å². The van der Waals surface area contributed by atoms with Crippen molar-refractivity contribution in [1.82, 2.24) is 0 Å². The Kier molecular flexibility index (Phi) is 4.24. The van der Waals surface area contributed by atoms with Gasteiger partial charge in [-0.1, -0.05) is 11.6 Å². The van der Waals surface area contributed by atoms with Gasteiger partial charge in [0.25, 0.3) is 5.91 Å². The van der Waals surface area contributed by atoms with Gasteiger partial charge in [-0.05, 0) is 46.3 Å². The van der Waals surface area contributed by atoms with Crippen molar-refractivity contribution >= 4 is 56.4 Å². The van der Waals surface area contributed by atoms with Crippen LogP contribution in [0.25, 0.3) is 0 Å². The van der Waals surface area contributed by atoms with E-state index in [4.69, 9.17) is 16.7 Å². The predicted octanol–water partition coefficient (Wildman–Crippen LogP) is 4.11. The molecule has 7 heteroatoms. The van der Waals surface area contributed by atoms with Gasteiger partial charge in [-0.2, -0.15) is 0 Å². The summed E-state index contributed by atoms with van der Waals surface area (Å²) in [7, 11) is 0. The first kappa shape index (κ1) is 14.0. The molecule has 0 spiro atoms. The van der Waals surface area contributed by atoms with Crippen LogP contribution in [0.2, 0.25) is 5.02 Å². The predicted molar refractivity (Wildman–Crippen MR) is 78.4 cm³/mol. The minimum Gasteiger partial charge on any atom is -0.478 e. The quantitative estimate of drug-likeness (QED) is 0.865. The Balaban J connectivity index is 2.20. The zero-order valence-corrected chi connectivity index (χ0v) is 12.5. The summed E-state index contributed by atoms with van der Waals surface area (Å²) in [5.74, 6) is -1.36. The Labute approximate surface area is 126 Å². The van der Waals surface area contributed by atoms with E-state index in [-0.39, 0.29) is 16.5 Å². The van der Waals surface area contributed by atoms with E-state index in [2.05, 4.69) is 21.2 Å². The third-order valence-corrected chi connectivity index (χ3v) is 4.20. The summed E-state index contributed by atoms with van der Waals surface area (Å²) in [6.45, 7) is 0. The zero-order valence-electron chi connectivity index (χ0n) is 9.31. The number of benzene rings is 1. The summed E-state index contributed by atoms with van der Waals surface area (Å²) in [6, 6.07) is 7.60. The van der Waals surface area contributed by atoms with E-state index in [1.165, 1.54) is 29.5 Å². The number of thiophene rings is 1. The molecule has 0 saturated carbocycles. The maximum Gasteiger partial charge on any atom is 0.335 e. The van der Waals surface area contributed by atoms with Gasteiger partial charge < -0.3 is 10.4 Å².